The van der Waals surface area contributed by atoms with E-state index in [9.17, 15) is 13.2 Å². The lowest BCUT2D eigenvalue weighted by atomic mass is 10.1. The highest BCUT2D eigenvalue weighted by atomic mass is 32.2. The first-order valence-corrected chi connectivity index (χ1v) is 5.22. The maximum absolute atomic E-state index is 12.3. The van der Waals surface area contributed by atoms with Gasteiger partial charge in [0.1, 0.15) is 5.75 Å². The van der Waals surface area contributed by atoms with Crippen molar-refractivity contribution >= 4 is 11.8 Å². The van der Waals surface area contributed by atoms with Gasteiger partial charge in [-0.25, -0.2) is 0 Å². The van der Waals surface area contributed by atoms with Gasteiger partial charge in [-0.15, -0.1) is 0 Å². The normalized spacial score (nSPS) is 11.7. The Morgan fingerprint density at radius 2 is 2.00 bits per heavy atom. The number of aromatic hydroxyl groups is 1. The van der Waals surface area contributed by atoms with Gasteiger partial charge in [-0.2, -0.15) is 24.9 Å². The second-order valence-electron chi connectivity index (χ2n) is 2.78. The van der Waals surface area contributed by atoms with Crippen molar-refractivity contribution in [3.05, 3.63) is 29.3 Å². The number of halogens is 3. The smallest absolute Gasteiger partial charge is 0.419 e. The molecule has 0 heterocycles. The Kier molecular flexibility index (Phi) is 3.31. The number of benzene rings is 1. The average molecular weight is 222 g/mol. The topological polar surface area (TPSA) is 20.2 Å². The molecule has 0 radical (unpaired) electrons. The van der Waals surface area contributed by atoms with Gasteiger partial charge in [0.25, 0.3) is 0 Å². The highest BCUT2D eigenvalue weighted by Gasteiger charge is 2.33. The summed E-state index contributed by atoms with van der Waals surface area (Å²) in [4.78, 5) is 0. The molecule has 1 aromatic carbocycles. The highest BCUT2D eigenvalue weighted by molar-refractivity contribution is 7.97. The average Bonchev–Trinajstić information content (AvgIpc) is 2.07. The minimum absolute atomic E-state index is 0.503. The first kappa shape index (κ1) is 11.2. The molecular weight excluding hydrogens is 213 g/mol. The first-order valence-electron chi connectivity index (χ1n) is 3.83. The van der Waals surface area contributed by atoms with Gasteiger partial charge in [0.2, 0.25) is 0 Å². The van der Waals surface area contributed by atoms with Crippen LogP contribution in [0, 0.1) is 0 Å². The molecule has 0 aliphatic carbocycles. The Morgan fingerprint density at radius 3 is 2.50 bits per heavy atom. The van der Waals surface area contributed by atoms with Crippen molar-refractivity contribution in [1.29, 1.82) is 0 Å². The second kappa shape index (κ2) is 4.13. The lowest BCUT2D eigenvalue weighted by Crippen LogP contribution is -2.05. The van der Waals surface area contributed by atoms with Gasteiger partial charge in [-0.05, 0) is 24.0 Å². The summed E-state index contributed by atoms with van der Waals surface area (Å²) in [6.45, 7) is 0. The van der Waals surface area contributed by atoms with Crippen molar-refractivity contribution in [2.75, 3.05) is 6.26 Å². The van der Waals surface area contributed by atoms with Crippen LogP contribution < -0.4 is 0 Å². The minimum atomic E-state index is -4.49. The summed E-state index contributed by atoms with van der Waals surface area (Å²) >= 11 is 1.43. The molecule has 0 aliphatic rings. The van der Waals surface area contributed by atoms with E-state index in [2.05, 4.69) is 0 Å². The van der Waals surface area contributed by atoms with Gasteiger partial charge in [0, 0.05) is 5.75 Å². The van der Waals surface area contributed by atoms with Crippen LogP contribution in [0.3, 0.4) is 0 Å². The summed E-state index contributed by atoms with van der Waals surface area (Å²) in [6.07, 6.45) is -2.68. The number of thioether (sulfide) groups is 1. The van der Waals surface area contributed by atoms with Crippen LogP contribution in [0.5, 0.6) is 5.75 Å². The Labute approximate surface area is 83.9 Å². The Morgan fingerprint density at radius 1 is 1.36 bits per heavy atom. The predicted octanol–water partition coefficient (Wildman–Crippen LogP) is 3.27. The van der Waals surface area contributed by atoms with Crippen molar-refractivity contribution in [2.45, 2.75) is 11.9 Å². The van der Waals surface area contributed by atoms with Gasteiger partial charge < -0.3 is 5.11 Å². The molecule has 0 saturated carbocycles. The van der Waals surface area contributed by atoms with Crippen LogP contribution in [-0.4, -0.2) is 11.4 Å². The molecule has 5 heteroatoms. The molecule has 0 atom stereocenters. The number of rotatable bonds is 2. The third kappa shape index (κ3) is 2.57. The molecule has 0 spiro atoms. The molecule has 14 heavy (non-hydrogen) atoms. The van der Waals surface area contributed by atoms with E-state index in [0.29, 0.717) is 11.3 Å². The maximum Gasteiger partial charge on any atom is 0.419 e. The van der Waals surface area contributed by atoms with Crippen LogP contribution in [0.2, 0.25) is 0 Å². The van der Waals surface area contributed by atoms with Gasteiger partial charge >= 0.3 is 6.18 Å². The van der Waals surface area contributed by atoms with E-state index in [0.717, 1.165) is 12.1 Å². The molecule has 0 saturated heterocycles. The Bertz CT molecular complexity index is 322. The van der Waals surface area contributed by atoms with Crippen LogP contribution in [-0.2, 0) is 11.9 Å². The molecule has 0 bridgehead atoms. The molecule has 0 fully saturated rings. The third-order valence-corrected chi connectivity index (χ3v) is 2.30. The molecule has 0 amide bonds. The molecule has 0 unspecified atom stereocenters. The standard InChI is InChI=1S/C9H9F3OS/c1-14-5-6-2-3-8(13)7(4-6)9(10,11)12/h2-4,13H,5H2,1H3. The first-order chi connectivity index (χ1) is 6.45. The van der Waals surface area contributed by atoms with Crippen molar-refractivity contribution in [3.63, 3.8) is 0 Å². The summed E-state index contributed by atoms with van der Waals surface area (Å²) in [6, 6.07) is 3.54. The number of phenolic OH excluding ortho intramolecular Hbond substituents is 1. The van der Waals surface area contributed by atoms with Gasteiger partial charge in [-0.1, -0.05) is 6.07 Å². The van der Waals surface area contributed by atoms with Crippen molar-refractivity contribution < 1.29 is 18.3 Å². The van der Waals surface area contributed by atoms with Crippen molar-refractivity contribution in [2.24, 2.45) is 0 Å². The molecule has 0 aliphatic heterocycles. The molecule has 1 N–H and O–H groups in total. The largest absolute Gasteiger partial charge is 0.507 e. The van der Waals surface area contributed by atoms with Crippen LogP contribution in [0.4, 0.5) is 13.2 Å². The van der Waals surface area contributed by atoms with Gasteiger partial charge in [0.15, 0.2) is 0 Å². The van der Waals surface area contributed by atoms with Crippen LogP contribution in [0.1, 0.15) is 11.1 Å². The zero-order valence-electron chi connectivity index (χ0n) is 7.43. The van der Waals surface area contributed by atoms with E-state index in [4.69, 9.17) is 5.11 Å². The fourth-order valence-corrected chi connectivity index (χ4v) is 1.58. The van der Waals surface area contributed by atoms with Crippen LogP contribution >= 0.6 is 11.8 Å². The monoisotopic (exact) mass is 222 g/mol. The van der Waals surface area contributed by atoms with E-state index in [-0.39, 0.29) is 0 Å². The predicted molar refractivity (Wildman–Crippen MR) is 50.3 cm³/mol. The highest BCUT2D eigenvalue weighted by Crippen LogP contribution is 2.36. The van der Waals surface area contributed by atoms with E-state index < -0.39 is 17.5 Å². The SMILES string of the molecule is CSCc1ccc(O)c(C(F)(F)F)c1. The Hall–Kier alpha value is -0.840. The van der Waals surface area contributed by atoms with E-state index in [1.807, 2.05) is 0 Å². The van der Waals surface area contributed by atoms with E-state index in [1.54, 1.807) is 6.26 Å². The molecule has 78 valence electrons. The molecule has 1 aromatic rings. The summed E-state index contributed by atoms with van der Waals surface area (Å²) in [5, 5.41) is 9.01. The molecule has 1 rings (SSSR count). The molecular formula is C9H9F3OS. The lowest BCUT2D eigenvalue weighted by Gasteiger charge is -2.10. The van der Waals surface area contributed by atoms with Crippen LogP contribution in [0.25, 0.3) is 0 Å². The quantitative estimate of drug-likeness (QED) is 0.828. The second-order valence-corrected chi connectivity index (χ2v) is 3.65. The van der Waals surface area contributed by atoms with E-state index >= 15 is 0 Å². The Balaban J connectivity index is 3.09. The zero-order chi connectivity index (χ0) is 10.8. The van der Waals surface area contributed by atoms with E-state index in [1.165, 1.54) is 17.8 Å². The summed E-state index contributed by atoms with van der Waals surface area (Å²) in [7, 11) is 0. The van der Waals surface area contributed by atoms with Crippen molar-refractivity contribution in [1.82, 2.24) is 0 Å². The molecule has 0 aromatic heterocycles. The minimum Gasteiger partial charge on any atom is -0.507 e. The zero-order valence-corrected chi connectivity index (χ0v) is 8.25. The fraction of sp³-hybridized carbons (Fsp3) is 0.333. The van der Waals surface area contributed by atoms with Crippen LogP contribution in [0.15, 0.2) is 18.2 Å². The summed E-state index contributed by atoms with van der Waals surface area (Å²) < 4.78 is 36.9. The third-order valence-electron chi connectivity index (χ3n) is 1.68. The van der Waals surface area contributed by atoms with Gasteiger partial charge in [-0.3, -0.25) is 0 Å². The lowest BCUT2D eigenvalue weighted by molar-refractivity contribution is -0.138. The molecule has 1 nitrogen and oxygen atoms in total. The number of alkyl halides is 3. The van der Waals surface area contributed by atoms with Crippen molar-refractivity contribution in [3.8, 4) is 5.75 Å². The van der Waals surface area contributed by atoms with Gasteiger partial charge in [0.05, 0.1) is 5.56 Å². The fourth-order valence-electron chi connectivity index (χ4n) is 1.07. The number of hydrogen-bond donors (Lipinski definition) is 1. The maximum atomic E-state index is 12.3. The summed E-state index contributed by atoms with van der Waals surface area (Å²) in [5.74, 6) is -0.217. The number of hydrogen-bond acceptors (Lipinski definition) is 2. The number of phenols is 1. The summed E-state index contributed by atoms with van der Waals surface area (Å²) in [5.41, 5.74) is -0.410.